The van der Waals surface area contributed by atoms with Gasteiger partial charge in [-0.05, 0) is 26.0 Å². The van der Waals surface area contributed by atoms with Gasteiger partial charge in [-0.2, -0.15) is 0 Å². The van der Waals surface area contributed by atoms with Crippen LogP contribution in [0.5, 0.6) is 0 Å². The number of carbonyl (C=O) groups is 2. The maximum absolute atomic E-state index is 12.2. The van der Waals surface area contributed by atoms with Crippen LogP contribution in [-0.4, -0.2) is 40.0 Å². The summed E-state index contributed by atoms with van der Waals surface area (Å²) in [7, 11) is 1.71. The highest BCUT2D eigenvalue weighted by Crippen LogP contribution is 2.13. The molecule has 0 fully saturated rings. The maximum Gasteiger partial charge on any atom is 0.328 e. The van der Waals surface area contributed by atoms with Crippen molar-refractivity contribution < 1.29 is 14.7 Å². The van der Waals surface area contributed by atoms with Crippen LogP contribution in [0.15, 0.2) is 24.5 Å². The van der Waals surface area contributed by atoms with E-state index in [1.807, 2.05) is 13.8 Å². The average molecular weight is 248 g/mol. The normalized spacial score (nSPS) is 10.9. The standard InChI is InChI=1S/C13H16N2O3/c1-9(2)15(3)13(18)11-6-7-14-8-10(11)4-5-12(16)17/h4-9H,1-3H3,(H,16,17). The van der Waals surface area contributed by atoms with Crippen molar-refractivity contribution >= 4 is 18.0 Å². The molecule has 0 aliphatic heterocycles. The van der Waals surface area contributed by atoms with Crippen LogP contribution in [0.25, 0.3) is 6.08 Å². The molecule has 5 heteroatoms. The molecule has 0 saturated heterocycles. The van der Waals surface area contributed by atoms with Crippen LogP contribution >= 0.6 is 0 Å². The van der Waals surface area contributed by atoms with E-state index in [0.29, 0.717) is 11.1 Å². The lowest BCUT2D eigenvalue weighted by Gasteiger charge is -2.22. The van der Waals surface area contributed by atoms with Crippen molar-refractivity contribution in [2.45, 2.75) is 19.9 Å². The fourth-order valence-electron chi connectivity index (χ4n) is 1.32. The van der Waals surface area contributed by atoms with Gasteiger partial charge in [-0.3, -0.25) is 9.78 Å². The second-order valence-corrected chi connectivity index (χ2v) is 4.14. The molecule has 0 unspecified atom stereocenters. The molecular weight excluding hydrogens is 232 g/mol. The Morgan fingerprint density at radius 3 is 2.67 bits per heavy atom. The van der Waals surface area contributed by atoms with Gasteiger partial charge in [0.2, 0.25) is 0 Å². The Morgan fingerprint density at radius 2 is 2.11 bits per heavy atom. The fraction of sp³-hybridized carbons (Fsp3) is 0.308. The highest BCUT2D eigenvalue weighted by atomic mass is 16.4. The first-order valence-corrected chi connectivity index (χ1v) is 5.55. The van der Waals surface area contributed by atoms with Crippen LogP contribution < -0.4 is 0 Å². The number of aliphatic carboxylic acids is 1. The van der Waals surface area contributed by atoms with Crippen molar-refractivity contribution in [1.29, 1.82) is 0 Å². The largest absolute Gasteiger partial charge is 0.478 e. The minimum atomic E-state index is -1.06. The molecule has 1 aromatic heterocycles. The third kappa shape index (κ3) is 3.41. The zero-order valence-electron chi connectivity index (χ0n) is 10.6. The number of amides is 1. The molecule has 5 nitrogen and oxygen atoms in total. The zero-order chi connectivity index (χ0) is 13.7. The molecule has 0 aromatic carbocycles. The number of carboxylic acid groups (broad SMARTS) is 1. The number of hydrogen-bond acceptors (Lipinski definition) is 3. The van der Waals surface area contributed by atoms with Gasteiger partial charge in [0.25, 0.3) is 5.91 Å². The first-order valence-electron chi connectivity index (χ1n) is 5.55. The topological polar surface area (TPSA) is 70.5 Å². The third-order valence-corrected chi connectivity index (χ3v) is 2.58. The lowest BCUT2D eigenvalue weighted by atomic mass is 10.1. The number of carbonyl (C=O) groups excluding carboxylic acids is 1. The van der Waals surface area contributed by atoms with Gasteiger partial charge in [0.05, 0.1) is 0 Å². The van der Waals surface area contributed by atoms with E-state index in [0.717, 1.165) is 6.08 Å². The summed E-state index contributed by atoms with van der Waals surface area (Å²) in [6.45, 7) is 3.82. The molecule has 1 amide bonds. The highest BCUT2D eigenvalue weighted by molar-refractivity contribution is 5.98. The number of carboxylic acids is 1. The summed E-state index contributed by atoms with van der Waals surface area (Å²) in [6, 6.07) is 1.66. The van der Waals surface area contributed by atoms with Crippen molar-refractivity contribution in [2.24, 2.45) is 0 Å². The Labute approximate surface area is 106 Å². The highest BCUT2D eigenvalue weighted by Gasteiger charge is 2.16. The number of aromatic nitrogens is 1. The molecule has 0 bridgehead atoms. The summed E-state index contributed by atoms with van der Waals surface area (Å²) >= 11 is 0. The molecule has 0 saturated carbocycles. The van der Waals surface area contributed by atoms with E-state index in [2.05, 4.69) is 4.98 Å². The second kappa shape index (κ2) is 5.95. The van der Waals surface area contributed by atoms with Crippen LogP contribution in [0, 0.1) is 0 Å². The Morgan fingerprint density at radius 1 is 1.44 bits per heavy atom. The lowest BCUT2D eigenvalue weighted by Crippen LogP contribution is -2.33. The molecule has 1 rings (SSSR count). The summed E-state index contributed by atoms with van der Waals surface area (Å²) in [5.41, 5.74) is 0.941. The summed E-state index contributed by atoms with van der Waals surface area (Å²) in [5.74, 6) is -1.22. The zero-order valence-corrected chi connectivity index (χ0v) is 10.6. The van der Waals surface area contributed by atoms with E-state index < -0.39 is 5.97 Å². The number of nitrogens with zero attached hydrogens (tertiary/aromatic N) is 2. The van der Waals surface area contributed by atoms with E-state index >= 15 is 0 Å². The quantitative estimate of drug-likeness (QED) is 0.823. The molecular formula is C13H16N2O3. The minimum absolute atomic E-state index is 0.0713. The van der Waals surface area contributed by atoms with Gasteiger partial charge < -0.3 is 10.0 Å². The molecule has 96 valence electrons. The molecule has 0 atom stereocenters. The van der Waals surface area contributed by atoms with Crippen molar-refractivity contribution in [3.63, 3.8) is 0 Å². The molecule has 18 heavy (non-hydrogen) atoms. The summed E-state index contributed by atoms with van der Waals surface area (Å²) in [6.07, 6.45) is 5.35. The Bertz CT molecular complexity index is 481. The number of pyridine rings is 1. The monoisotopic (exact) mass is 248 g/mol. The van der Waals surface area contributed by atoms with E-state index in [4.69, 9.17) is 5.11 Å². The predicted molar refractivity (Wildman–Crippen MR) is 68.1 cm³/mol. The Kier molecular flexibility index (Phi) is 4.59. The minimum Gasteiger partial charge on any atom is -0.478 e. The Balaban J connectivity index is 3.09. The van der Waals surface area contributed by atoms with Gasteiger partial charge in [-0.25, -0.2) is 4.79 Å². The molecule has 1 heterocycles. The van der Waals surface area contributed by atoms with E-state index in [1.165, 1.54) is 18.5 Å². The SMILES string of the molecule is CC(C)N(C)C(=O)c1ccncc1C=CC(=O)O. The van der Waals surface area contributed by atoms with Gasteiger partial charge in [-0.1, -0.05) is 0 Å². The fourth-order valence-corrected chi connectivity index (χ4v) is 1.32. The van der Waals surface area contributed by atoms with Crippen LogP contribution in [0.2, 0.25) is 0 Å². The van der Waals surface area contributed by atoms with Crippen LogP contribution in [-0.2, 0) is 4.79 Å². The summed E-state index contributed by atoms with van der Waals surface area (Å²) in [5, 5.41) is 8.60. The van der Waals surface area contributed by atoms with E-state index in [-0.39, 0.29) is 11.9 Å². The van der Waals surface area contributed by atoms with E-state index in [1.54, 1.807) is 18.0 Å². The van der Waals surface area contributed by atoms with E-state index in [9.17, 15) is 9.59 Å². The smallest absolute Gasteiger partial charge is 0.328 e. The van der Waals surface area contributed by atoms with Gasteiger partial charge in [0.1, 0.15) is 0 Å². The Hall–Kier alpha value is -2.17. The summed E-state index contributed by atoms with van der Waals surface area (Å²) < 4.78 is 0. The van der Waals surface area contributed by atoms with Crippen molar-refractivity contribution in [1.82, 2.24) is 9.88 Å². The van der Waals surface area contributed by atoms with Crippen LogP contribution in [0.3, 0.4) is 0 Å². The first kappa shape index (κ1) is 13.9. The molecule has 1 N–H and O–H groups in total. The van der Waals surface area contributed by atoms with Gasteiger partial charge in [0, 0.05) is 42.7 Å². The van der Waals surface area contributed by atoms with Crippen molar-refractivity contribution in [3.8, 4) is 0 Å². The van der Waals surface area contributed by atoms with Crippen LogP contribution in [0.1, 0.15) is 29.8 Å². The third-order valence-electron chi connectivity index (χ3n) is 2.58. The molecule has 0 radical (unpaired) electrons. The number of hydrogen-bond donors (Lipinski definition) is 1. The van der Waals surface area contributed by atoms with Crippen molar-refractivity contribution in [2.75, 3.05) is 7.05 Å². The van der Waals surface area contributed by atoms with Crippen LogP contribution in [0.4, 0.5) is 0 Å². The maximum atomic E-state index is 12.2. The van der Waals surface area contributed by atoms with Crippen molar-refractivity contribution in [3.05, 3.63) is 35.7 Å². The second-order valence-electron chi connectivity index (χ2n) is 4.14. The molecule has 0 spiro atoms. The van der Waals surface area contributed by atoms with Gasteiger partial charge >= 0.3 is 5.97 Å². The summed E-state index contributed by atoms with van der Waals surface area (Å²) in [4.78, 5) is 28.1. The lowest BCUT2D eigenvalue weighted by molar-refractivity contribution is -0.131. The van der Waals surface area contributed by atoms with Gasteiger partial charge in [0.15, 0.2) is 0 Å². The molecule has 1 aromatic rings. The average Bonchev–Trinajstić information content (AvgIpc) is 2.34. The molecule has 0 aliphatic rings. The molecule has 0 aliphatic carbocycles. The predicted octanol–water partition coefficient (Wildman–Crippen LogP) is 1.66. The first-order chi connectivity index (χ1) is 8.43. The van der Waals surface area contributed by atoms with Gasteiger partial charge in [-0.15, -0.1) is 0 Å². The number of rotatable bonds is 4.